The zero-order chi connectivity index (χ0) is 25.7. The highest BCUT2D eigenvalue weighted by atomic mass is 79.9. The number of rotatable bonds is 9. The van der Waals surface area contributed by atoms with E-state index in [4.69, 9.17) is 4.74 Å². The third kappa shape index (κ3) is 5.74. The molecule has 1 aliphatic carbocycles. The third-order valence-electron chi connectivity index (χ3n) is 8.26. The minimum Gasteiger partial charge on any atom is -1.00 e. The zero-order valence-electron chi connectivity index (χ0n) is 22.7. The van der Waals surface area contributed by atoms with Gasteiger partial charge in [0.1, 0.15) is 23.2 Å². The van der Waals surface area contributed by atoms with E-state index in [9.17, 15) is 0 Å². The first-order valence-electron chi connectivity index (χ1n) is 13.4. The largest absolute Gasteiger partial charge is 1.00 e. The van der Waals surface area contributed by atoms with Gasteiger partial charge in [-0.05, 0) is 72.2 Å². The van der Waals surface area contributed by atoms with Gasteiger partial charge in [0.25, 0.3) is 0 Å². The van der Waals surface area contributed by atoms with Gasteiger partial charge in [0.15, 0.2) is 0 Å². The van der Waals surface area contributed by atoms with E-state index in [0.29, 0.717) is 12.5 Å². The number of hydrogen-bond donors (Lipinski definition) is 0. The second kappa shape index (κ2) is 12.6. The molecule has 0 amide bonds. The Kier molecular flexibility index (Phi) is 9.42. The molecule has 196 valence electrons. The maximum Gasteiger partial charge on any atom is 0.116 e. The van der Waals surface area contributed by atoms with Crippen LogP contribution in [0.15, 0.2) is 132 Å². The number of benzene rings is 4. The first-order valence-corrected chi connectivity index (χ1v) is 15.3. The lowest BCUT2D eigenvalue weighted by Crippen LogP contribution is -3.00. The summed E-state index contributed by atoms with van der Waals surface area (Å²) in [5.41, 5.74) is 4.57. The van der Waals surface area contributed by atoms with E-state index in [-0.39, 0.29) is 22.4 Å². The summed E-state index contributed by atoms with van der Waals surface area (Å²) in [6, 6.07) is 44.2. The predicted octanol–water partition coefficient (Wildman–Crippen LogP) is 4.56. The summed E-state index contributed by atoms with van der Waals surface area (Å²) >= 11 is 0. The van der Waals surface area contributed by atoms with Crippen molar-refractivity contribution in [3.05, 3.63) is 138 Å². The van der Waals surface area contributed by atoms with Crippen molar-refractivity contribution in [1.29, 1.82) is 0 Å². The van der Waals surface area contributed by atoms with Gasteiger partial charge >= 0.3 is 0 Å². The predicted molar refractivity (Wildman–Crippen MR) is 161 cm³/mol. The summed E-state index contributed by atoms with van der Waals surface area (Å²) in [6.07, 6.45) is 2.20. The average molecular weight is 586 g/mol. The van der Waals surface area contributed by atoms with Gasteiger partial charge in [-0.2, -0.15) is 0 Å². The van der Waals surface area contributed by atoms with Crippen molar-refractivity contribution >= 4 is 23.2 Å². The van der Waals surface area contributed by atoms with Gasteiger partial charge in [-0.3, -0.25) is 0 Å². The Labute approximate surface area is 240 Å². The number of ether oxygens (including phenoxy) is 1. The second-order valence-corrected chi connectivity index (χ2v) is 14.3. The molecule has 1 nitrogen and oxygen atoms in total. The van der Waals surface area contributed by atoms with Crippen molar-refractivity contribution in [3.63, 3.8) is 0 Å². The molecule has 1 saturated carbocycles. The lowest BCUT2D eigenvalue weighted by molar-refractivity contribution is -0.0000114. The molecular formula is C35H38BrOP. The normalized spacial score (nSPS) is 17.7. The Morgan fingerprint density at radius 1 is 0.711 bits per heavy atom. The van der Waals surface area contributed by atoms with Crippen LogP contribution in [0.5, 0.6) is 0 Å². The highest BCUT2D eigenvalue weighted by molar-refractivity contribution is 7.95. The van der Waals surface area contributed by atoms with Crippen LogP contribution in [0.4, 0.5) is 0 Å². The van der Waals surface area contributed by atoms with Gasteiger partial charge in [-0.25, -0.2) is 0 Å². The summed E-state index contributed by atoms with van der Waals surface area (Å²) in [7, 11) is -1.87. The number of allylic oxidation sites excluding steroid dienone is 2. The van der Waals surface area contributed by atoms with E-state index >= 15 is 0 Å². The maximum absolute atomic E-state index is 6.18. The number of hydrogen-bond acceptors (Lipinski definition) is 1. The quantitative estimate of drug-likeness (QED) is 0.207. The van der Waals surface area contributed by atoms with Crippen molar-refractivity contribution in [2.75, 3.05) is 12.8 Å². The van der Waals surface area contributed by atoms with E-state index < -0.39 is 7.26 Å². The fraction of sp³-hybridized carbons (Fsp3) is 0.257. The summed E-state index contributed by atoms with van der Waals surface area (Å²) < 4.78 is 6.18. The monoisotopic (exact) mass is 584 g/mol. The fourth-order valence-electron chi connectivity index (χ4n) is 5.98. The molecule has 1 atom stereocenters. The van der Waals surface area contributed by atoms with Gasteiger partial charge in [0.2, 0.25) is 0 Å². The van der Waals surface area contributed by atoms with Crippen molar-refractivity contribution in [3.8, 4) is 0 Å². The highest BCUT2D eigenvalue weighted by Crippen LogP contribution is 2.59. The lowest BCUT2D eigenvalue weighted by Gasteiger charge is -2.49. The first-order chi connectivity index (χ1) is 18.0. The Hall–Kier alpha value is -2.51. The Morgan fingerprint density at radius 3 is 1.55 bits per heavy atom. The Morgan fingerprint density at radius 2 is 1.13 bits per heavy atom. The zero-order valence-corrected chi connectivity index (χ0v) is 25.2. The van der Waals surface area contributed by atoms with Crippen LogP contribution in [-0.2, 0) is 11.3 Å². The molecular weight excluding hydrogens is 547 g/mol. The molecule has 38 heavy (non-hydrogen) atoms. The highest BCUT2D eigenvalue weighted by Gasteiger charge is 2.49. The molecule has 0 saturated heterocycles. The minimum absolute atomic E-state index is 0. The van der Waals surface area contributed by atoms with E-state index in [0.717, 1.165) is 19.2 Å². The van der Waals surface area contributed by atoms with Crippen LogP contribution in [0.1, 0.15) is 32.8 Å². The summed E-state index contributed by atoms with van der Waals surface area (Å²) in [6.45, 7) is 8.73. The van der Waals surface area contributed by atoms with E-state index in [1.54, 1.807) is 11.1 Å². The van der Waals surface area contributed by atoms with Gasteiger partial charge in [0.05, 0.1) is 19.4 Å². The molecule has 1 fully saturated rings. The molecule has 1 aliphatic rings. The summed E-state index contributed by atoms with van der Waals surface area (Å²) in [4.78, 5) is 0. The standard InChI is InChI=1S/C35H38OP.BrH/c1-28(34-24-30(35(34,2)3)26-36-25-29-16-8-4-9-17-29)27-37(31-18-10-5-11-19-31,32-20-12-6-13-21-32)33-22-14-7-15-23-33;/h4-23,30H,24-27H2,1-3H3;1H/q+1;/p-1. The fourth-order valence-corrected chi connectivity index (χ4v) is 10.4. The van der Waals surface area contributed by atoms with Gasteiger partial charge in [0, 0.05) is 0 Å². The average Bonchev–Trinajstić information content (AvgIpc) is 2.95. The Bertz CT molecular complexity index is 1220. The summed E-state index contributed by atoms with van der Waals surface area (Å²) in [5.74, 6) is 0.555. The van der Waals surface area contributed by atoms with Crippen molar-refractivity contribution < 1.29 is 21.7 Å². The molecule has 0 radical (unpaired) electrons. The molecule has 0 N–H and O–H groups in total. The van der Waals surface area contributed by atoms with Crippen LogP contribution in [0.25, 0.3) is 0 Å². The van der Waals surface area contributed by atoms with E-state index in [1.807, 2.05) is 0 Å². The topological polar surface area (TPSA) is 9.23 Å². The van der Waals surface area contributed by atoms with Crippen molar-refractivity contribution in [1.82, 2.24) is 0 Å². The van der Waals surface area contributed by atoms with Crippen LogP contribution in [0.2, 0.25) is 0 Å². The molecule has 0 aliphatic heterocycles. The lowest BCUT2D eigenvalue weighted by atomic mass is 9.58. The molecule has 4 aromatic rings. The smallest absolute Gasteiger partial charge is 0.116 e. The molecule has 1 unspecified atom stereocenters. The van der Waals surface area contributed by atoms with Gasteiger partial charge < -0.3 is 21.7 Å². The molecule has 0 heterocycles. The van der Waals surface area contributed by atoms with Gasteiger partial charge in [-0.1, -0.05) is 104 Å². The SMILES string of the molecule is CC(C[P+](c1ccccc1)(c1ccccc1)c1ccccc1)=C1CC(COCc2ccccc2)C1(C)C.[Br-]. The van der Waals surface area contributed by atoms with Gasteiger partial charge in [-0.15, -0.1) is 0 Å². The molecule has 0 spiro atoms. The van der Waals surface area contributed by atoms with E-state index in [1.165, 1.54) is 21.5 Å². The molecule has 3 heteroatoms. The third-order valence-corrected chi connectivity index (χ3v) is 12.7. The molecule has 5 rings (SSSR count). The molecule has 0 aromatic heterocycles. The molecule has 0 bridgehead atoms. The maximum atomic E-state index is 6.18. The van der Waals surface area contributed by atoms with Crippen LogP contribution < -0.4 is 32.9 Å². The van der Waals surface area contributed by atoms with Crippen LogP contribution in [0.3, 0.4) is 0 Å². The van der Waals surface area contributed by atoms with E-state index in [2.05, 4.69) is 142 Å². The van der Waals surface area contributed by atoms with Crippen molar-refractivity contribution in [2.45, 2.75) is 33.8 Å². The first kappa shape index (κ1) is 28.5. The van der Waals surface area contributed by atoms with Crippen LogP contribution in [0, 0.1) is 11.3 Å². The minimum atomic E-state index is -1.87. The van der Waals surface area contributed by atoms with Crippen LogP contribution >= 0.6 is 7.26 Å². The van der Waals surface area contributed by atoms with Crippen LogP contribution in [-0.4, -0.2) is 12.8 Å². The number of halogens is 1. The molecule has 4 aromatic carbocycles. The Balaban J connectivity index is 0.00000336. The second-order valence-electron chi connectivity index (χ2n) is 10.9. The van der Waals surface area contributed by atoms with Crippen molar-refractivity contribution in [2.24, 2.45) is 11.3 Å². The summed E-state index contributed by atoms with van der Waals surface area (Å²) in [5, 5.41) is 4.35.